The minimum atomic E-state index is -4.60. The van der Waals surface area contributed by atoms with E-state index < -0.39 is 28.5 Å². The molecular formula is C25H24F4N4O2S. The number of nitrogens with one attached hydrogen (secondary N) is 2. The summed E-state index contributed by atoms with van der Waals surface area (Å²) in [7, 11) is -4.21. The fourth-order valence-corrected chi connectivity index (χ4v) is 7.94. The van der Waals surface area contributed by atoms with Crippen LogP contribution in [0.15, 0.2) is 48.7 Å². The zero-order valence-electron chi connectivity index (χ0n) is 19.1. The Bertz CT molecular complexity index is 1420. The van der Waals surface area contributed by atoms with Gasteiger partial charge in [-0.2, -0.15) is 30.6 Å². The van der Waals surface area contributed by atoms with Crippen LogP contribution >= 0.6 is 0 Å². The van der Waals surface area contributed by atoms with E-state index in [9.17, 15) is 26.0 Å². The molecule has 6 rings (SSSR count). The highest BCUT2D eigenvalue weighted by Gasteiger charge is 2.60. The summed E-state index contributed by atoms with van der Waals surface area (Å²) in [6.07, 6.45) is -0.202. The molecule has 0 amide bonds. The van der Waals surface area contributed by atoms with Crippen LogP contribution in [0.5, 0.6) is 0 Å². The molecule has 1 aliphatic heterocycles. The summed E-state index contributed by atoms with van der Waals surface area (Å²) in [6, 6.07) is 12.1. The SMILES string of the molecule is O=S1(=O)N[C@@]2(CN1CC(F)(F)F)[C@@H]1CC[C@H]2Cc2ccc(-c3ncc(-c4ccc(F)cc4)[nH]3)cc2C1. The molecule has 2 fully saturated rings. The lowest BCUT2D eigenvalue weighted by atomic mass is 9.79. The number of fused-ring (bicyclic) bond motifs is 1. The summed E-state index contributed by atoms with van der Waals surface area (Å²) in [5, 5.41) is 0. The molecule has 2 aromatic carbocycles. The lowest BCUT2D eigenvalue weighted by molar-refractivity contribution is -0.136. The van der Waals surface area contributed by atoms with Crippen LogP contribution in [-0.4, -0.2) is 47.5 Å². The van der Waals surface area contributed by atoms with Gasteiger partial charge in [0.2, 0.25) is 0 Å². The van der Waals surface area contributed by atoms with E-state index in [1.807, 2.05) is 18.2 Å². The Morgan fingerprint density at radius 1 is 1.00 bits per heavy atom. The fraction of sp³-hybridized carbons (Fsp3) is 0.400. The van der Waals surface area contributed by atoms with Gasteiger partial charge in [-0.25, -0.2) is 9.37 Å². The summed E-state index contributed by atoms with van der Waals surface area (Å²) in [4.78, 5) is 7.76. The zero-order valence-corrected chi connectivity index (χ0v) is 20.0. The molecule has 0 unspecified atom stereocenters. The maximum absolute atomic E-state index is 13.3. The van der Waals surface area contributed by atoms with Crippen LogP contribution in [0.3, 0.4) is 0 Å². The lowest BCUT2D eigenvalue weighted by Gasteiger charge is -2.33. The zero-order chi connectivity index (χ0) is 25.3. The molecule has 1 saturated carbocycles. The molecule has 3 aromatic rings. The molecule has 0 radical (unpaired) electrons. The molecular weight excluding hydrogens is 496 g/mol. The van der Waals surface area contributed by atoms with Crippen molar-refractivity contribution in [3.8, 4) is 22.6 Å². The number of imidazole rings is 1. The molecule has 2 N–H and O–H groups in total. The van der Waals surface area contributed by atoms with Crippen molar-refractivity contribution in [2.45, 2.75) is 37.4 Å². The van der Waals surface area contributed by atoms with Gasteiger partial charge < -0.3 is 4.98 Å². The van der Waals surface area contributed by atoms with E-state index in [4.69, 9.17) is 0 Å². The third kappa shape index (κ3) is 4.03. The first-order valence-electron chi connectivity index (χ1n) is 11.8. The summed E-state index contributed by atoms with van der Waals surface area (Å²) in [5.41, 5.74) is 3.67. The predicted octanol–water partition coefficient (Wildman–Crippen LogP) is 4.46. The van der Waals surface area contributed by atoms with Crippen LogP contribution in [0.1, 0.15) is 24.0 Å². The van der Waals surface area contributed by atoms with Crippen molar-refractivity contribution in [2.24, 2.45) is 11.8 Å². The van der Waals surface area contributed by atoms with Crippen LogP contribution < -0.4 is 4.72 Å². The number of halogens is 4. The normalized spacial score (nSPS) is 27.3. The van der Waals surface area contributed by atoms with Gasteiger partial charge in [-0.1, -0.05) is 12.1 Å². The molecule has 2 aliphatic carbocycles. The number of alkyl halides is 3. The molecule has 36 heavy (non-hydrogen) atoms. The molecule has 11 heteroatoms. The molecule has 1 spiro atoms. The monoisotopic (exact) mass is 520 g/mol. The van der Waals surface area contributed by atoms with Gasteiger partial charge >= 0.3 is 6.18 Å². The second kappa shape index (κ2) is 8.12. The molecule has 2 bridgehead atoms. The van der Waals surface area contributed by atoms with Crippen molar-refractivity contribution >= 4 is 10.2 Å². The van der Waals surface area contributed by atoms with E-state index in [0.29, 0.717) is 23.0 Å². The Morgan fingerprint density at radius 3 is 2.36 bits per heavy atom. The Morgan fingerprint density at radius 2 is 1.67 bits per heavy atom. The number of aromatic amines is 1. The molecule has 6 nitrogen and oxygen atoms in total. The van der Waals surface area contributed by atoms with E-state index in [1.165, 1.54) is 12.1 Å². The molecule has 3 atom stereocenters. The second-order valence-corrected chi connectivity index (χ2v) is 11.7. The van der Waals surface area contributed by atoms with Crippen LogP contribution in [0, 0.1) is 17.7 Å². The highest BCUT2D eigenvalue weighted by atomic mass is 32.2. The molecule has 1 aromatic heterocycles. The van der Waals surface area contributed by atoms with E-state index in [0.717, 1.165) is 40.8 Å². The number of nitrogens with zero attached hydrogens (tertiary/aromatic N) is 2. The molecule has 3 aliphatic rings. The largest absolute Gasteiger partial charge is 0.402 e. The first-order valence-corrected chi connectivity index (χ1v) is 13.3. The Labute approximate surface area is 205 Å². The summed E-state index contributed by atoms with van der Waals surface area (Å²) in [5.74, 6) is 0.163. The van der Waals surface area contributed by atoms with Gasteiger partial charge in [0.25, 0.3) is 10.2 Å². The van der Waals surface area contributed by atoms with Crippen LogP contribution in [0.25, 0.3) is 22.6 Å². The quantitative estimate of drug-likeness (QED) is 0.501. The molecule has 1 saturated heterocycles. The minimum Gasteiger partial charge on any atom is -0.338 e. The summed E-state index contributed by atoms with van der Waals surface area (Å²) < 4.78 is 81.1. The fourth-order valence-electron chi connectivity index (χ4n) is 6.24. The highest BCUT2D eigenvalue weighted by Crippen LogP contribution is 2.50. The van der Waals surface area contributed by atoms with Crippen molar-refractivity contribution in [2.75, 3.05) is 13.1 Å². The van der Waals surface area contributed by atoms with Crippen LogP contribution in [0.2, 0.25) is 0 Å². The number of hydrogen-bond donors (Lipinski definition) is 2. The third-order valence-corrected chi connectivity index (χ3v) is 9.49. The van der Waals surface area contributed by atoms with E-state index in [1.54, 1.807) is 18.3 Å². The maximum atomic E-state index is 13.3. The van der Waals surface area contributed by atoms with Crippen LogP contribution in [0.4, 0.5) is 17.6 Å². The van der Waals surface area contributed by atoms with Gasteiger partial charge in [-0.3, -0.25) is 0 Å². The Kier molecular flexibility index (Phi) is 5.33. The van der Waals surface area contributed by atoms with Crippen molar-refractivity contribution in [3.63, 3.8) is 0 Å². The topological polar surface area (TPSA) is 78.1 Å². The number of hydrogen-bond acceptors (Lipinski definition) is 3. The maximum Gasteiger partial charge on any atom is 0.402 e. The number of benzene rings is 2. The van der Waals surface area contributed by atoms with Crippen molar-refractivity contribution in [3.05, 3.63) is 65.6 Å². The average Bonchev–Trinajstić information content (AvgIpc) is 3.43. The predicted molar refractivity (Wildman–Crippen MR) is 125 cm³/mol. The van der Waals surface area contributed by atoms with E-state index in [-0.39, 0.29) is 24.2 Å². The minimum absolute atomic E-state index is 0.0729. The smallest absolute Gasteiger partial charge is 0.338 e. The number of rotatable bonds is 3. The van der Waals surface area contributed by atoms with E-state index in [2.05, 4.69) is 14.7 Å². The first kappa shape index (κ1) is 23.6. The van der Waals surface area contributed by atoms with Gasteiger partial charge in [0.15, 0.2) is 0 Å². The number of H-pyrrole nitrogens is 1. The Hall–Kier alpha value is -2.76. The molecule has 190 valence electrons. The van der Waals surface area contributed by atoms with E-state index >= 15 is 0 Å². The van der Waals surface area contributed by atoms with Gasteiger partial charge in [0.1, 0.15) is 18.2 Å². The van der Waals surface area contributed by atoms with Crippen molar-refractivity contribution in [1.29, 1.82) is 0 Å². The van der Waals surface area contributed by atoms with Crippen molar-refractivity contribution < 1.29 is 26.0 Å². The lowest BCUT2D eigenvalue weighted by Crippen LogP contribution is -2.52. The highest BCUT2D eigenvalue weighted by molar-refractivity contribution is 7.87. The van der Waals surface area contributed by atoms with Gasteiger partial charge in [-0.15, -0.1) is 0 Å². The number of aromatic nitrogens is 2. The average molecular weight is 521 g/mol. The first-order chi connectivity index (χ1) is 17.0. The Balaban J connectivity index is 1.29. The van der Waals surface area contributed by atoms with Gasteiger partial charge in [0, 0.05) is 12.1 Å². The summed E-state index contributed by atoms with van der Waals surface area (Å²) >= 11 is 0. The second-order valence-electron chi connectivity index (χ2n) is 10.0. The summed E-state index contributed by atoms with van der Waals surface area (Å²) in [6.45, 7) is -1.64. The standard InChI is InChI=1S/C25H24F4N4O2S/c26-21-7-3-15(4-8-21)22-12-30-23(31-22)17-2-1-16-10-19-5-6-20(11-18(16)9-17)24(19)13-33(14-25(27,28)29)36(34,35)32-24/h1-4,7-9,12,19-20,32H,5-6,10-11,13-14H2,(H,30,31)/t19-,20+,24+/m0/s1. The third-order valence-electron chi connectivity index (χ3n) is 7.92. The van der Waals surface area contributed by atoms with Gasteiger partial charge in [-0.05, 0) is 84.5 Å². The van der Waals surface area contributed by atoms with Crippen LogP contribution in [-0.2, 0) is 23.1 Å². The molecule has 2 heterocycles. The van der Waals surface area contributed by atoms with Crippen molar-refractivity contribution in [1.82, 2.24) is 19.0 Å². The van der Waals surface area contributed by atoms with Gasteiger partial charge in [0.05, 0.1) is 17.4 Å².